The Bertz CT molecular complexity index is 740. The molecule has 1 aromatic heterocycles. The second kappa shape index (κ2) is 5.43. The van der Waals surface area contributed by atoms with Gasteiger partial charge in [0.25, 0.3) is 0 Å². The molecule has 0 amide bonds. The molecule has 2 rings (SSSR count). The van der Waals surface area contributed by atoms with E-state index in [9.17, 15) is 8.42 Å². The molecule has 2 aromatic rings. The molecule has 8 heteroatoms. The van der Waals surface area contributed by atoms with Gasteiger partial charge < -0.3 is 10.3 Å². The monoisotopic (exact) mass is 315 g/mol. The van der Waals surface area contributed by atoms with Crippen molar-refractivity contribution in [3.8, 4) is 0 Å². The molecule has 1 heterocycles. The van der Waals surface area contributed by atoms with Crippen LogP contribution in [0.25, 0.3) is 0 Å². The van der Waals surface area contributed by atoms with Crippen molar-refractivity contribution in [1.29, 1.82) is 0 Å². The van der Waals surface area contributed by atoms with Crippen molar-refractivity contribution in [2.75, 3.05) is 5.73 Å². The van der Waals surface area contributed by atoms with Crippen LogP contribution in [0, 0.1) is 13.8 Å². The van der Waals surface area contributed by atoms with Crippen molar-refractivity contribution in [2.24, 2.45) is 0 Å². The van der Waals surface area contributed by atoms with Gasteiger partial charge in [-0.3, -0.25) is 0 Å². The van der Waals surface area contributed by atoms with Crippen LogP contribution in [0.3, 0.4) is 0 Å². The van der Waals surface area contributed by atoms with E-state index in [1.807, 2.05) is 0 Å². The largest absolute Gasteiger partial charge is 0.398 e. The fraction of sp³-hybridized carbons (Fsp3) is 0.250. The molecular formula is C12H14ClN3O3S. The van der Waals surface area contributed by atoms with Crippen molar-refractivity contribution >= 4 is 27.3 Å². The van der Waals surface area contributed by atoms with Gasteiger partial charge >= 0.3 is 0 Å². The fourth-order valence-electron chi connectivity index (χ4n) is 1.62. The first kappa shape index (κ1) is 14.8. The molecule has 1 aromatic carbocycles. The highest BCUT2D eigenvalue weighted by atomic mass is 35.5. The minimum absolute atomic E-state index is 0.0176. The third-order valence-electron chi connectivity index (χ3n) is 2.73. The van der Waals surface area contributed by atoms with Crippen LogP contribution in [-0.4, -0.2) is 13.6 Å². The summed E-state index contributed by atoms with van der Waals surface area (Å²) in [4.78, 5) is -0.0533. The smallest absolute Gasteiger partial charge is 0.242 e. The summed E-state index contributed by atoms with van der Waals surface area (Å²) in [5.74, 6) is 0.608. The second-order valence-electron chi connectivity index (χ2n) is 4.39. The van der Waals surface area contributed by atoms with E-state index in [1.165, 1.54) is 12.1 Å². The molecule has 0 bridgehead atoms. The quantitative estimate of drug-likeness (QED) is 0.841. The molecule has 3 N–H and O–H groups in total. The summed E-state index contributed by atoms with van der Waals surface area (Å²) >= 11 is 5.96. The maximum Gasteiger partial charge on any atom is 0.242 e. The molecule has 0 spiro atoms. The highest BCUT2D eigenvalue weighted by Crippen LogP contribution is 2.26. The number of nitrogens with two attached hydrogens (primary N) is 1. The van der Waals surface area contributed by atoms with Gasteiger partial charge in [0.2, 0.25) is 10.0 Å². The number of aryl methyl sites for hydroxylation is 2. The molecule has 0 atom stereocenters. The lowest BCUT2D eigenvalue weighted by molar-refractivity contribution is 0.390. The van der Waals surface area contributed by atoms with E-state index in [-0.39, 0.29) is 16.5 Å². The SMILES string of the molecule is Cc1cc(CNS(=O)(=O)c2cc(N)c(C)cc2Cl)no1. The average molecular weight is 316 g/mol. The summed E-state index contributed by atoms with van der Waals surface area (Å²) in [6, 6.07) is 4.51. The zero-order valence-corrected chi connectivity index (χ0v) is 12.5. The predicted octanol–water partition coefficient (Wildman–Crippen LogP) is 2.01. The highest BCUT2D eigenvalue weighted by Gasteiger charge is 2.19. The maximum absolute atomic E-state index is 12.2. The molecule has 0 radical (unpaired) electrons. The summed E-state index contributed by atoms with van der Waals surface area (Å²) in [5.41, 5.74) is 7.30. The zero-order chi connectivity index (χ0) is 14.9. The Morgan fingerprint density at radius 3 is 2.65 bits per heavy atom. The minimum atomic E-state index is -3.76. The Hall–Kier alpha value is -1.57. The third kappa shape index (κ3) is 3.12. The van der Waals surface area contributed by atoms with Crippen molar-refractivity contribution < 1.29 is 12.9 Å². The van der Waals surface area contributed by atoms with Crippen molar-refractivity contribution in [3.63, 3.8) is 0 Å². The van der Waals surface area contributed by atoms with Gasteiger partial charge in [-0.25, -0.2) is 13.1 Å². The van der Waals surface area contributed by atoms with Crippen molar-refractivity contribution in [3.05, 3.63) is 40.2 Å². The number of halogens is 1. The molecule has 108 valence electrons. The van der Waals surface area contributed by atoms with Crippen LogP contribution >= 0.6 is 11.6 Å². The van der Waals surface area contributed by atoms with Crippen LogP contribution in [0.4, 0.5) is 5.69 Å². The fourth-order valence-corrected chi connectivity index (χ4v) is 3.24. The Morgan fingerprint density at radius 2 is 2.05 bits per heavy atom. The Morgan fingerprint density at radius 1 is 1.35 bits per heavy atom. The molecular weight excluding hydrogens is 302 g/mol. The molecule has 0 saturated carbocycles. The van der Waals surface area contributed by atoms with E-state index < -0.39 is 10.0 Å². The molecule has 0 fully saturated rings. The second-order valence-corrected chi connectivity index (χ2v) is 6.54. The lowest BCUT2D eigenvalue weighted by atomic mass is 10.2. The number of rotatable bonds is 4. The summed E-state index contributed by atoms with van der Waals surface area (Å²) in [5, 5.41) is 3.83. The van der Waals surface area contributed by atoms with E-state index in [0.717, 1.165) is 5.56 Å². The normalized spacial score (nSPS) is 11.8. The molecule has 20 heavy (non-hydrogen) atoms. The van der Waals surface area contributed by atoms with Crippen LogP contribution in [-0.2, 0) is 16.6 Å². The Balaban J connectivity index is 2.24. The summed E-state index contributed by atoms with van der Waals surface area (Å²) in [7, 11) is -3.76. The standard InChI is InChI=1S/C12H14ClN3O3S/c1-7-3-10(13)12(5-11(7)14)20(17,18)15-6-9-4-8(2)19-16-9/h3-5,15H,6,14H2,1-2H3. The molecule has 0 saturated heterocycles. The van der Waals surface area contributed by atoms with Gasteiger partial charge in [-0.15, -0.1) is 0 Å². The van der Waals surface area contributed by atoms with Gasteiger partial charge in [0.05, 0.1) is 17.3 Å². The number of benzene rings is 1. The first-order valence-electron chi connectivity index (χ1n) is 5.77. The Kier molecular flexibility index (Phi) is 4.03. The lowest BCUT2D eigenvalue weighted by Crippen LogP contribution is -2.24. The van der Waals surface area contributed by atoms with Gasteiger partial charge in [-0.1, -0.05) is 16.8 Å². The zero-order valence-electron chi connectivity index (χ0n) is 11.0. The average Bonchev–Trinajstić information content (AvgIpc) is 2.77. The highest BCUT2D eigenvalue weighted by molar-refractivity contribution is 7.89. The van der Waals surface area contributed by atoms with E-state index in [1.54, 1.807) is 19.9 Å². The number of hydrogen-bond donors (Lipinski definition) is 2. The van der Waals surface area contributed by atoms with Gasteiger partial charge in [0.1, 0.15) is 10.7 Å². The van der Waals surface area contributed by atoms with Crippen molar-refractivity contribution in [1.82, 2.24) is 9.88 Å². The summed E-state index contributed by atoms with van der Waals surface area (Å²) in [6.07, 6.45) is 0. The first-order chi connectivity index (χ1) is 9.29. The van der Waals surface area contributed by atoms with E-state index in [4.69, 9.17) is 21.9 Å². The predicted molar refractivity (Wildman–Crippen MR) is 75.9 cm³/mol. The van der Waals surface area contributed by atoms with Gasteiger partial charge in [0, 0.05) is 11.8 Å². The number of hydrogen-bond acceptors (Lipinski definition) is 5. The lowest BCUT2D eigenvalue weighted by Gasteiger charge is -2.09. The summed E-state index contributed by atoms with van der Waals surface area (Å²) < 4.78 is 31.6. The number of anilines is 1. The third-order valence-corrected chi connectivity index (χ3v) is 4.60. The number of nitrogens with one attached hydrogen (secondary N) is 1. The van der Waals surface area contributed by atoms with Crippen LogP contribution in [0.2, 0.25) is 5.02 Å². The van der Waals surface area contributed by atoms with Gasteiger partial charge in [-0.2, -0.15) is 0 Å². The maximum atomic E-state index is 12.2. The molecule has 6 nitrogen and oxygen atoms in total. The van der Waals surface area contributed by atoms with Crippen LogP contribution < -0.4 is 10.5 Å². The van der Waals surface area contributed by atoms with Crippen LogP contribution in [0.5, 0.6) is 0 Å². The summed E-state index contributed by atoms with van der Waals surface area (Å²) in [6.45, 7) is 3.50. The van der Waals surface area contributed by atoms with E-state index >= 15 is 0 Å². The minimum Gasteiger partial charge on any atom is -0.398 e. The van der Waals surface area contributed by atoms with E-state index in [0.29, 0.717) is 17.1 Å². The van der Waals surface area contributed by atoms with Gasteiger partial charge in [0.15, 0.2) is 0 Å². The number of aromatic nitrogens is 1. The van der Waals surface area contributed by atoms with Gasteiger partial charge in [-0.05, 0) is 31.5 Å². The van der Waals surface area contributed by atoms with Crippen LogP contribution in [0.1, 0.15) is 17.0 Å². The van der Waals surface area contributed by atoms with Crippen LogP contribution in [0.15, 0.2) is 27.6 Å². The Labute approximate surface area is 122 Å². The van der Waals surface area contributed by atoms with E-state index in [2.05, 4.69) is 9.88 Å². The van der Waals surface area contributed by atoms with Crippen molar-refractivity contribution in [2.45, 2.75) is 25.3 Å². The molecule has 0 aliphatic rings. The topological polar surface area (TPSA) is 98.2 Å². The molecule has 0 aliphatic carbocycles. The number of nitrogens with zero attached hydrogens (tertiary/aromatic N) is 1. The number of nitrogen functional groups attached to an aromatic ring is 1. The number of sulfonamides is 1. The molecule has 0 aliphatic heterocycles. The first-order valence-corrected chi connectivity index (χ1v) is 7.63. The molecule has 0 unspecified atom stereocenters.